The number of nitriles is 1. The maximum absolute atomic E-state index is 12.5. The van der Waals surface area contributed by atoms with Crippen LogP contribution >= 0.6 is 0 Å². The van der Waals surface area contributed by atoms with Crippen LogP contribution in [0, 0.1) is 80.3 Å². The van der Waals surface area contributed by atoms with Gasteiger partial charge in [-0.25, -0.2) is 0 Å². The molecule has 7 atom stereocenters. The van der Waals surface area contributed by atoms with Gasteiger partial charge in [-0.15, -0.1) is 0 Å². The summed E-state index contributed by atoms with van der Waals surface area (Å²) in [6.45, 7) is 19.5. The van der Waals surface area contributed by atoms with Crippen LogP contribution in [-0.2, 0) is 57.2 Å². The molecule has 0 aromatic rings. The molecule has 7 unspecified atom stereocenters. The van der Waals surface area contributed by atoms with Gasteiger partial charge in [-0.05, 0) is 180 Å². The number of hydrogen-bond acceptors (Lipinski definition) is 14. The molecule has 0 amide bonds. The molecule has 428 valence electrons. The van der Waals surface area contributed by atoms with E-state index >= 15 is 0 Å². The van der Waals surface area contributed by atoms with Crippen LogP contribution in [0.5, 0.6) is 0 Å². The highest BCUT2D eigenvalue weighted by molar-refractivity contribution is 5.85. The highest BCUT2D eigenvalue weighted by Gasteiger charge is 2.72. The lowest BCUT2D eigenvalue weighted by atomic mass is 9.50. The third kappa shape index (κ3) is 13.5. The average molecular weight is 1050 g/mol. The number of esters is 6. The number of carbonyl (C=O) groups is 6. The molecule has 74 heavy (non-hydrogen) atoms. The van der Waals surface area contributed by atoms with Gasteiger partial charge in [0.2, 0.25) is 0 Å². The summed E-state index contributed by atoms with van der Waals surface area (Å²) in [7, 11) is 0. The summed E-state index contributed by atoms with van der Waals surface area (Å²) in [5, 5.41) is 20.0. The topological polar surface area (TPSA) is 202 Å². The average Bonchev–Trinajstić information content (AvgIpc) is 3.87. The Labute approximate surface area is 448 Å². The molecule has 0 radical (unpaired) electrons. The molecule has 11 aliphatic rings. The van der Waals surface area contributed by atoms with E-state index in [2.05, 4.69) is 19.9 Å². The Balaban J connectivity index is 0.000000552. The zero-order valence-electron chi connectivity index (χ0n) is 42.7. The van der Waals surface area contributed by atoms with E-state index in [9.17, 15) is 39.1 Å². The van der Waals surface area contributed by atoms with Crippen LogP contribution in [0.4, 0.5) is 0 Å². The summed E-state index contributed by atoms with van der Waals surface area (Å²) in [6, 6.07) is 2.10. The highest BCUT2D eigenvalue weighted by atomic mass is 16.6. The number of aliphatic hydroxyl groups is 1. The van der Waals surface area contributed by atoms with Crippen LogP contribution in [0.3, 0.4) is 0 Å². The molecule has 14 nitrogen and oxygen atoms in total. The Morgan fingerprint density at radius 1 is 0.635 bits per heavy atom. The van der Waals surface area contributed by atoms with Gasteiger partial charge in [-0.3, -0.25) is 28.8 Å². The molecule has 1 saturated heterocycles. The van der Waals surface area contributed by atoms with Gasteiger partial charge in [-0.1, -0.05) is 65.3 Å². The first-order valence-corrected chi connectivity index (χ1v) is 26.1. The van der Waals surface area contributed by atoms with Crippen LogP contribution < -0.4 is 0 Å². The predicted octanol–water partition coefficient (Wildman–Crippen LogP) is 12.7. The second-order valence-electron chi connectivity index (χ2n) is 24.9. The van der Waals surface area contributed by atoms with Crippen LogP contribution in [0.1, 0.15) is 229 Å². The Kier molecular flexibility index (Phi) is 23.2. The summed E-state index contributed by atoms with van der Waals surface area (Å²) in [5.74, 6) is 1.79. The quantitative estimate of drug-likeness (QED) is 0.0922. The van der Waals surface area contributed by atoms with Crippen LogP contribution in [0.2, 0.25) is 0 Å². The van der Waals surface area contributed by atoms with E-state index in [0.717, 1.165) is 50.4 Å². The molecule has 1 N–H and O–H groups in total. The van der Waals surface area contributed by atoms with E-state index in [4.69, 9.17) is 28.4 Å². The standard InChI is InChI=1S/C21H27NO8.C17H28O2.C16H26O3.6CH4/c1-4-20(2,3)18(25)28-8-7-27-14(23)5-6-15(24)29-16-12-9-13-17(16)30-19(26)21(13,10-12)11-22;1-5-16(2,3)15(18)19-17(4)13-7-11-6-12(9-13)10-14(17)8-11;1-4-14(2,3)13(17)19-16-8-11-5-12(9-16)7-15(18,6-11)10-16;;;;;;/h12-13,16-17H,4-10H2,1-3H3;11-14H,5-10H2,1-4H3;11-12,18H,4-10H2,1-3H3;6*1H4. The monoisotopic (exact) mass is 1050 g/mol. The number of nitrogens with zero attached hydrogens (tertiary/aromatic N) is 1. The van der Waals surface area contributed by atoms with Gasteiger partial charge < -0.3 is 33.5 Å². The first-order chi connectivity index (χ1) is 31.7. The van der Waals surface area contributed by atoms with Crippen molar-refractivity contribution in [2.24, 2.45) is 69.0 Å². The molecular weight excluding hydrogens is 943 g/mol. The van der Waals surface area contributed by atoms with Gasteiger partial charge >= 0.3 is 35.8 Å². The molecule has 11 fully saturated rings. The van der Waals surface area contributed by atoms with Gasteiger partial charge in [0.05, 0.1) is 40.8 Å². The van der Waals surface area contributed by atoms with Gasteiger partial charge in [0.15, 0.2) is 5.41 Å². The number of ether oxygens (including phenoxy) is 6. The second kappa shape index (κ2) is 25.2. The van der Waals surface area contributed by atoms with Gasteiger partial charge in [0.25, 0.3) is 0 Å². The molecule has 0 aromatic carbocycles. The van der Waals surface area contributed by atoms with Crippen molar-refractivity contribution in [2.75, 3.05) is 13.2 Å². The van der Waals surface area contributed by atoms with E-state index in [1.807, 2.05) is 41.5 Å². The molecular formula is C60H105NO13. The molecule has 1 heterocycles. The summed E-state index contributed by atoms with van der Waals surface area (Å²) < 4.78 is 32.9. The molecule has 0 aromatic heterocycles. The van der Waals surface area contributed by atoms with Crippen molar-refractivity contribution in [1.29, 1.82) is 5.26 Å². The van der Waals surface area contributed by atoms with Crippen LogP contribution in [-0.4, -0.2) is 83.1 Å². The van der Waals surface area contributed by atoms with E-state index in [0.29, 0.717) is 49.4 Å². The zero-order chi connectivity index (χ0) is 49.8. The summed E-state index contributed by atoms with van der Waals surface area (Å²) in [6.07, 6.45) is 14.0. The maximum Gasteiger partial charge on any atom is 0.327 e. The Morgan fingerprint density at radius 3 is 1.58 bits per heavy atom. The molecule has 11 rings (SSSR count). The predicted molar refractivity (Wildman–Crippen MR) is 288 cm³/mol. The van der Waals surface area contributed by atoms with Gasteiger partial charge in [0.1, 0.15) is 36.6 Å². The van der Waals surface area contributed by atoms with E-state index in [1.165, 1.54) is 38.5 Å². The van der Waals surface area contributed by atoms with Crippen molar-refractivity contribution in [3.63, 3.8) is 0 Å². The maximum atomic E-state index is 12.5. The molecule has 10 saturated carbocycles. The lowest BCUT2D eigenvalue weighted by Gasteiger charge is -2.59. The minimum Gasteiger partial charge on any atom is -0.462 e. The molecule has 10 aliphatic carbocycles. The van der Waals surface area contributed by atoms with Crippen molar-refractivity contribution in [1.82, 2.24) is 0 Å². The summed E-state index contributed by atoms with van der Waals surface area (Å²) in [5.41, 5.74) is -3.50. The third-order valence-electron chi connectivity index (χ3n) is 18.8. The van der Waals surface area contributed by atoms with Crippen LogP contribution in [0.25, 0.3) is 0 Å². The molecule has 10 bridgehead atoms. The van der Waals surface area contributed by atoms with Crippen molar-refractivity contribution < 1.29 is 62.3 Å². The Bertz CT molecular complexity index is 1960. The summed E-state index contributed by atoms with van der Waals surface area (Å²) in [4.78, 5) is 72.6. The van der Waals surface area contributed by atoms with E-state index in [1.54, 1.807) is 13.8 Å². The number of hydrogen-bond donors (Lipinski definition) is 1. The first-order valence-electron chi connectivity index (χ1n) is 26.1. The van der Waals surface area contributed by atoms with Crippen LogP contribution in [0.15, 0.2) is 0 Å². The lowest BCUT2D eigenvalue weighted by Crippen LogP contribution is -2.61. The minimum absolute atomic E-state index is 0. The SMILES string of the molecule is C.C.C.C.C.C.CCC(C)(C)C(=O)OC1(C)C2CC3CC(C2)CC1C3.CCC(C)(C)C(=O)OC12CC3CC(CC(O)(C3)C1)C2.CCC(C)(C)C(=O)OCCOC(=O)CCC(=O)OC1C2CC3C1OC(=O)C3(C#N)C2. The van der Waals surface area contributed by atoms with Gasteiger partial charge in [-0.2, -0.15) is 5.26 Å². The minimum atomic E-state index is -1.09. The fourth-order valence-corrected chi connectivity index (χ4v) is 13.9. The number of fused-ring (bicyclic) bond motifs is 1. The van der Waals surface area contributed by atoms with Gasteiger partial charge in [0, 0.05) is 18.3 Å². The zero-order valence-corrected chi connectivity index (χ0v) is 42.7. The molecule has 14 heteroatoms. The Hall–Kier alpha value is -3.73. The van der Waals surface area contributed by atoms with Crippen molar-refractivity contribution in [2.45, 2.75) is 258 Å². The Morgan fingerprint density at radius 2 is 1.09 bits per heavy atom. The van der Waals surface area contributed by atoms with Crippen molar-refractivity contribution in [3.8, 4) is 6.07 Å². The van der Waals surface area contributed by atoms with Crippen molar-refractivity contribution in [3.05, 3.63) is 0 Å². The lowest BCUT2D eigenvalue weighted by molar-refractivity contribution is -0.225. The molecule has 1 aliphatic heterocycles. The number of rotatable bonds is 15. The summed E-state index contributed by atoms with van der Waals surface area (Å²) >= 11 is 0. The number of carbonyl (C=O) groups excluding carboxylic acids is 6. The highest BCUT2D eigenvalue weighted by Crippen LogP contribution is 2.63. The normalized spacial score (nSPS) is 35.4. The van der Waals surface area contributed by atoms with E-state index in [-0.39, 0.29) is 117 Å². The largest absolute Gasteiger partial charge is 0.462 e. The third-order valence-corrected chi connectivity index (χ3v) is 18.8. The fourth-order valence-electron chi connectivity index (χ4n) is 13.9. The van der Waals surface area contributed by atoms with Crippen molar-refractivity contribution >= 4 is 35.8 Å². The second-order valence-corrected chi connectivity index (χ2v) is 24.9. The first kappa shape index (κ1) is 68.3. The van der Waals surface area contributed by atoms with E-state index < -0.39 is 52.0 Å². The smallest absolute Gasteiger partial charge is 0.327 e. The fraction of sp³-hybridized carbons (Fsp3) is 0.883. The molecule has 0 spiro atoms.